The zero-order valence-electron chi connectivity index (χ0n) is 11.4. The first-order valence-electron chi connectivity index (χ1n) is 6.33. The summed E-state index contributed by atoms with van der Waals surface area (Å²) in [6.07, 6.45) is 0. The van der Waals surface area contributed by atoms with Gasteiger partial charge in [-0.2, -0.15) is 0 Å². The van der Waals surface area contributed by atoms with Crippen LogP contribution in [0.3, 0.4) is 0 Å². The second-order valence-electron chi connectivity index (χ2n) is 4.49. The van der Waals surface area contributed by atoms with Gasteiger partial charge in [0.15, 0.2) is 0 Å². The van der Waals surface area contributed by atoms with Crippen molar-refractivity contribution in [1.82, 2.24) is 0 Å². The topological polar surface area (TPSA) is 9.23 Å². The van der Waals surface area contributed by atoms with Gasteiger partial charge in [0.05, 0.1) is 5.76 Å². The summed E-state index contributed by atoms with van der Waals surface area (Å²) in [6.45, 7) is 7.77. The van der Waals surface area contributed by atoms with Crippen LogP contribution in [0.1, 0.15) is 25.0 Å². The van der Waals surface area contributed by atoms with Crippen LogP contribution in [0.2, 0.25) is 0 Å². The summed E-state index contributed by atoms with van der Waals surface area (Å²) in [4.78, 5) is 0. The lowest BCUT2D eigenvalue weighted by atomic mass is 10.0. The molecule has 0 fully saturated rings. The highest BCUT2D eigenvalue weighted by Gasteiger charge is 2.09. The average molecular weight is 250 g/mol. The molecule has 0 radical (unpaired) electrons. The molecule has 0 aliphatic carbocycles. The largest absolute Gasteiger partial charge is 0.462 e. The molecule has 96 valence electrons. The van der Waals surface area contributed by atoms with Gasteiger partial charge in [-0.3, -0.25) is 0 Å². The minimum atomic E-state index is 0.689. The van der Waals surface area contributed by atoms with Crippen molar-refractivity contribution in [3.8, 4) is 0 Å². The summed E-state index contributed by atoms with van der Waals surface area (Å²) in [6, 6.07) is 20.4. The quantitative estimate of drug-likeness (QED) is 0.540. The van der Waals surface area contributed by atoms with E-state index in [1.165, 1.54) is 0 Å². The molecular formula is C18H18O. The van der Waals surface area contributed by atoms with Gasteiger partial charge in [-0.25, -0.2) is 0 Å². The average Bonchev–Trinajstić information content (AvgIpc) is 2.46. The lowest BCUT2D eigenvalue weighted by Gasteiger charge is -2.14. The molecule has 0 aromatic heterocycles. The molecule has 2 aromatic rings. The van der Waals surface area contributed by atoms with E-state index in [-0.39, 0.29) is 0 Å². The van der Waals surface area contributed by atoms with Gasteiger partial charge in [0, 0.05) is 5.56 Å². The molecule has 0 spiro atoms. The first-order valence-corrected chi connectivity index (χ1v) is 6.33. The van der Waals surface area contributed by atoms with Crippen LogP contribution in [0.15, 0.2) is 73.0 Å². The van der Waals surface area contributed by atoms with Crippen LogP contribution in [0, 0.1) is 0 Å². The highest BCUT2D eigenvalue weighted by atomic mass is 16.5. The Bertz CT molecular complexity index is 580. The fourth-order valence-corrected chi connectivity index (χ4v) is 1.93. The van der Waals surface area contributed by atoms with E-state index < -0.39 is 0 Å². The van der Waals surface area contributed by atoms with Crippen molar-refractivity contribution in [3.05, 3.63) is 84.1 Å². The molecule has 1 nitrogen and oxygen atoms in total. The first-order chi connectivity index (χ1) is 9.18. The van der Waals surface area contributed by atoms with Crippen LogP contribution in [-0.2, 0) is 4.74 Å². The number of benzene rings is 2. The van der Waals surface area contributed by atoms with Crippen molar-refractivity contribution >= 4 is 11.3 Å². The Hall–Kier alpha value is -2.28. The van der Waals surface area contributed by atoms with Crippen molar-refractivity contribution < 1.29 is 4.74 Å². The van der Waals surface area contributed by atoms with Gasteiger partial charge >= 0.3 is 0 Å². The SMILES string of the molecule is C=C(C)O/C(=C(\C)c1ccccc1)c1ccccc1. The fourth-order valence-electron chi connectivity index (χ4n) is 1.93. The standard InChI is InChI=1S/C18H18O/c1-14(2)19-18(17-12-8-5-9-13-17)15(3)16-10-6-4-7-11-16/h4-13H,1H2,2-3H3/b18-15+. The number of hydrogen-bond acceptors (Lipinski definition) is 1. The molecule has 0 atom stereocenters. The third-order valence-electron chi connectivity index (χ3n) is 2.86. The van der Waals surface area contributed by atoms with Gasteiger partial charge in [0.1, 0.15) is 5.76 Å². The molecule has 2 aromatic carbocycles. The summed E-state index contributed by atoms with van der Waals surface area (Å²) >= 11 is 0. The molecule has 0 aliphatic heterocycles. The number of ether oxygens (including phenoxy) is 1. The summed E-state index contributed by atoms with van der Waals surface area (Å²) in [7, 11) is 0. The van der Waals surface area contributed by atoms with Crippen molar-refractivity contribution in [1.29, 1.82) is 0 Å². The monoisotopic (exact) mass is 250 g/mol. The Morgan fingerprint density at radius 3 is 1.74 bits per heavy atom. The predicted molar refractivity (Wildman–Crippen MR) is 81.3 cm³/mol. The van der Waals surface area contributed by atoms with E-state index in [0.29, 0.717) is 5.76 Å². The van der Waals surface area contributed by atoms with Gasteiger partial charge in [0.2, 0.25) is 0 Å². The maximum absolute atomic E-state index is 5.84. The van der Waals surface area contributed by atoms with E-state index in [0.717, 1.165) is 22.5 Å². The Labute approximate surface area is 114 Å². The van der Waals surface area contributed by atoms with Crippen molar-refractivity contribution in [2.75, 3.05) is 0 Å². The van der Waals surface area contributed by atoms with E-state index in [2.05, 4.69) is 25.6 Å². The fraction of sp³-hybridized carbons (Fsp3) is 0.111. The summed E-state index contributed by atoms with van der Waals surface area (Å²) in [5.74, 6) is 1.55. The van der Waals surface area contributed by atoms with E-state index in [1.807, 2.05) is 55.5 Å². The summed E-state index contributed by atoms with van der Waals surface area (Å²) in [5.41, 5.74) is 3.32. The highest BCUT2D eigenvalue weighted by molar-refractivity contribution is 5.86. The third kappa shape index (κ3) is 3.35. The Morgan fingerprint density at radius 2 is 1.26 bits per heavy atom. The molecule has 0 saturated heterocycles. The molecule has 0 saturated carbocycles. The molecule has 0 aliphatic rings. The molecule has 2 rings (SSSR count). The Balaban J connectivity index is 2.51. The van der Waals surface area contributed by atoms with Crippen LogP contribution in [0.5, 0.6) is 0 Å². The molecular weight excluding hydrogens is 232 g/mol. The summed E-state index contributed by atoms with van der Waals surface area (Å²) < 4.78 is 5.84. The highest BCUT2D eigenvalue weighted by Crippen LogP contribution is 2.28. The number of hydrogen-bond donors (Lipinski definition) is 0. The van der Waals surface area contributed by atoms with Crippen molar-refractivity contribution in [2.24, 2.45) is 0 Å². The number of rotatable bonds is 4. The zero-order valence-corrected chi connectivity index (χ0v) is 11.4. The molecule has 0 amide bonds. The van der Waals surface area contributed by atoms with Gasteiger partial charge < -0.3 is 4.74 Å². The van der Waals surface area contributed by atoms with E-state index in [1.54, 1.807) is 0 Å². The first kappa shape index (κ1) is 13.2. The van der Waals surface area contributed by atoms with E-state index in [4.69, 9.17) is 4.74 Å². The second kappa shape index (κ2) is 6.05. The second-order valence-corrected chi connectivity index (χ2v) is 4.49. The minimum Gasteiger partial charge on any atom is -0.462 e. The minimum absolute atomic E-state index is 0.689. The predicted octanol–water partition coefficient (Wildman–Crippen LogP) is 5.13. The Morgan fingerprint density at radius 1 is 0.789 bits per heavy atom. The van der Waals surface area contributed by atoms with E-state index >= 15 is 0 Å². The van der Waals surface area contributed by atoms with Crippen LogP contribution in [-0.4, -0.2) is 0 Å². The lowest BCUT2D eigenvalue weighted by Crippen LogP contribution is -1.94. The van der Waals surface area contributed by atoms with Crippen LogP contribution in [0.4, 0.5) is 0 Å². The normalized spacial score (nSPS) is 11.7. The molecule has 0 N–H and O–H groups in total. The molecule has 0 heterocycles. The van der Waals surface area contributed by atoms with Crippen LogP contribution < -0.4 is 0 Å². The smallest absolute Gasteiger partial charge is 0.137 e. The van der Waals surface area contributed by atoms with Gasteiger partial charge in [-0.05, 0) is 25.0 Å². The third-order valence-corrected chi connectivity index (χ3v) is 2.86. The molecule has 0 unspecified atom stereocenters. The molecule has 1 heteroatoms. The maximum atomic E-state index is 5.84. The van der Waals surface area contributed by atoms with Crippen LogP contribution >= 0.6 is 0 Å². The van der Waals surface area contributed by atoms with Crippen molar-refractivity contribution in [2.45, 2.75) is 13.8 Å². The zero-order chi connectivity index (χ0) is 13.7. The lowest BCUT2D eigenvalue weighted by molar-refractivity contribution is 0.388. The maximum Gasteiger partial charge on any atom is 0.137 e. The van der Waals surface area contributed by atoms with Gasteiger partial charge in [-0.1, -0.05) is 67.2 Å². The number of allylic oxidation sites excluding steroid dienone is 2. The van der Waals surface area contributed by atoms with Crippen molar-refractivity contribution in [3.63, 3.8) is 0 Å². The van der Waals surface area contributed by atoms with Gasteiger partial charge in [0.25, 0.3) is 0 Å². The molecule has 0 bridgehead atoms. The molecule has 19 heavy (non-hydrogen) atoms. The van der Waals surface area contributed by atoms with E-state index in [9.17, 15) is 0 Å². The Kier molecular flexibility index (Phi) is 4.19. The van der Waals surface area contributed by atoms with Crippen LogP contribution in [0.25, 0.3) is 11.3 Å². The summed E-state index contributed by atoms with van der Waals surface area (Å²) in [5, 5.41) is 0. The van der Waals surface area contributed by atoms with Gasteiger partial charge in [-0.15, -0.1) is 0 Å².